The van der Waals surface area contributed by atoms with Crippen LogP contribution in [0.1, 0.15) is 0 Å². The van der Waals surface area contributed by atoms with Gasteiger partial charge in [-0.25, -0.2) is 4.98 Å². The highest BCUT2D eigenvalue weighted by Crippen LogP contribution is 2.19. The average molecular weight is 357 g/mol. The van der Waals surface area contributed by atoms with Crippen LogP contribution >= 0.6 is 23.1 Å². The van der Waals surface area contributed by atoms with Gasteiger partial charge in [0.05, 0.1) is 24.4 Å². The van der Waals surface area contributed by atoms with Gasteiger partial charge in [-0.05, 0) is 11.4 Å². The van der Waals surface area contributed by atoms with E-state index in [2.05, 4.69) is 9.97 Å². The van der Waals surface area contributed by atoms with Crippen molar-refractivity contribution in [3.63, 3.8) is 0 Å². The maximum absolute atomic E-state index is 12.3. The molecule has 0 aliphatic carbocycles. The Bertz CT molecular complexity index is 693. The van der Waals surface area contributed by atoms with Crippen molar-refractivity contribution in [3.05, 3.63) is 21.8 Å². The third kappa shape index (κ3) is 5.03. The molecule has 0 aliphatic heterocycles. The lowest BCUT2D eigenvalue weighted by molar-refractivity contribution is -0.129. The summed E-state index contributed by atoms with van der Waals surface area (Å²) in [6, 6.07) is 1.74. The van der Waals surface area contributed by atoms with Gasteiger partial charge in [0.25, 0.3) is 5.56 Å². The molecular formula is C14H19N3O4S2. The number of thioether (sulfide) groups is 1. The van der Waals surface area contributed by atoms with Crippen molar-refractivity contribution in [2.75, 3.05) is 46.3 Å². The molecule has 9 heteroatoms. The molecule has 0 aliphatic rings. The minimum absolute atomic E-state index is 0.0435. The van der Waals surface area contributed by atoms with Crippen molar-refractivity contribution in [3.8, 4) is 0 Å². The molecular weight excluding hydrogens is 338 g/mol. The molecule has 0 radical (unpaired) electrons. The van der Waals surface area contributed by atoms with E-state index in [1.54, 1.807) is 25.2 Å². The molecule has 1 amide bonds. The molecule has 2 aromatic rings. The number of hydrogen-bond acceptors (Lipinski definition) is 7. The fourth-order valence-electron chi connectivity index (χ4n) is 1.90. The Morgan fingerprint density at radius 2 is 2.04 bits per heavy atom. The molecule has 0 fully saturated rings. The summed E-state index contributed by atoms with van der Waals surface area (Å²) in [5, 5.41) is 2.85. The number of H-pyrrole nitrogens is 1. The van der Waals surface area contributed by atoms with Gasteiger partial charge in [-0.15, -0.1) is 11.3 Å². The number of amides is 1. The maximum Gasteiger partial charge on any atom is 0.260 e. The number of fused-ring (bicyclic) bond motifs is 1. The Kier molecular flexibility index (Phi) is 7.03. The van der Waals surface area contributed by atoms with E-state index in [0.717, 1.165) is 0 Å². The number of nitrogens with one attached hydrogen (secondary N) is 1. The molecule has 0 saturated carbocycles. The fourth-order valence-corrected chi connectivity index (χ4v) is 3.49. The fraction of sp³-hybridized carbons (Fsp3) is 0.500. The molecule has 0 atom stereocenters. The van der Waals surface area contributed by atoms with E-state index < -0.39 is 0 Å². The Balaban J connectivity index is 1.98. The minimum Gasteiger partial charge on any atom is -0.383 e. The Morgan fingerprint density at radius 3 is 2.70 bits per heavy atom. The largest absolute Gasteiger partial charge is 0.383 e. The average Bonchev–Trinajstić information content (AvgIpc) is 3.02. The van der Waals surface area contributed by atoms with Gasteiger partial charge in [0.2, 0.25) is 5.91 Å². The molecule has 2 aromatic heterocycles. The van der Waals surface area contributed by atoms with Crippen molar-refractivity contribution < 1.29 is 14.3 Å². The molecule has 2 heterocycles. The van der Waals surface area contributed by atoms with E-state index in [9.17, 15) is 9.59 Å². The number of hydrogen-bond donors (Lipinski definition) is 1. The van der Waals surface area contributed by atoms with Crippen LogP contribution in [0, 0.1) is 0 Å². The normalized spacial score (nSPS) is 11.0. The zero-order chi connectivity index (χ0) is 16.7. The highest BCUT2D eigenvalue weighted by molar-refractivity contribution is 7.99. The lowest BCUT2D eigenvalue weighted by Gasteiger charge is -2.21. The summed E-state index contributed by atoms with van der Waals surface area (Å²) in [6.07, 6.45) is 0. The predicted molar refractivity (Wildman–Crippen MR) is 91.3 cm³/mol. The summed E-state index contributed by atoms with van der Waals surface area (Å²) in [6.45, 7) is 1.95. The van der Waals surface area contributed by atoms with Crippen molar-refractivity contribution in [2.45, 2.75) is 5.16 Å². The van der Waals surface area contributed by atoms with E-state index in [1.807, 2.05) is 5.38 Å². The number of rotatable bonds is 9. The molecule has 0 bridgehead atoms. The van der Waals surface area contributed by atoms with Crippen molar-refractivity contribution in [1.82, 2.24) is 14.9 Å². The van der Waals surface area contributed by atoms with Gasteiger partial charge in [0.15, 0.2) is 5.16 Å². The summed E-state index contributed by atoms with van der Waals surface area (Å²) in [5.41, 5.74) is -0.179. The van der Waals surface area contributed by atoms with Crippen molar-refractivity contribution in [1.29, 1.82) is 0 Å². The Labute approximate surface area is 142 Å². The molecule has 0 saturated heterocycles. The second-order valence-corrected chi connectivity index (χ2v) is 6.52. The first-order chi connectivity index (χ1) is 11.2. The van der Waals surface area contributed by atoms with E-state index in [0.29, 0.717) is 41.7 Å². The quantitative estimate of drug-likeness (QED) is 0.536. The SMILES string of the molecule is COCCN(CCOC)C(=O)CSc1nc2sccc2c(=O)[nH]1. The van der Waals surface area contributed by atoms with Crippen LogP contribution in [0.25, 0.3) is 10.2 Å². The summed E-state index contributed by atoms with van der Waals surface area (Å²) in [4.78, 5) is 33.6. The summed E-state index contributed by atoms with van der Waals surface area (Å²) >= 11 is 2.63. The van der Waals surface area contributed by atoms with Crippen LogP contribution < -0.4 is 5.56 Å². The van der Waals surface area contributed by atoms with Gasteiger partial charge in [0.1, 0.15) is 4.83 Å². The second kappa shape index (κ2) is 9.02. The number of ether oxygens (including phenoxy) is 2. The van der Waals surface area contributed by atoms with Crippen LogP contribution in [0.5, 0.6) is 0 Å². The van der Waals surface area contributed by atoms with Crippen LogP contribution in [-0.4, -0.2) is 67.1 Å². The standard InChI is InChI=1S/C14H19N3O4S2/c1-20-6-4-17(5-7-21-2)11(18)9-23-14-15-12(19)10-3-8-22-13(10)16-14/h3,8H,4-7,9H2,1-2H3,(H,15,16,19). The topological polar surface area (TPSA) is 84.5 Å². The number of aromatic amines is 1. The number of methoxy groups -OCH3 is 2. The smallest absolute Gasteiger partial charge is 0.260 e. The van der Waals surface area contributed by atoms with Crippen LogP contribution in [0.2, 0.25) is 0 Å². The highest BCUT2D eigenvalue weighted by atomic mass is 32.2. The molecule has 7 nitrogen and oxygen atoms in total. The zero-order valence-electron chi connectivity index (χ0n) is 13.0. The Hall–Kier alpha value is -1.42. The predicted octanol–water partition coefficient (Wildman–Crippen LogP) is 1.20. The van der Waals surface area contributed by atoms with Crippen molar-refractivity contribution >= 4 is 39.2 Å². The zero-order valence-corrected chi connectivity index (χ0v) is 14.7. The van der Waals surface area contributed by atoms with E-state index in [4.69, 9.17) is 9.47 Å². The molecule has 0 spiro atoms. The maximum atomic E-state index is 12.3. The first-order valence-electron chi connectivity index (χ1n) is 7.01. The lowest BCUT2D eigenvalue weighted by atomic mass is 10.4. The summed E-state index contributed by atoms with van der Waals surface area (Å²) < 4.78 is 10.0. The van der Waals surface area contributed by atoms with Gasteiger partial charge in [-0.3, -0.25) is 9.59 Å². The number of carbonyl (C=O) groups excluding carboxylic acids is 1. The van der Waals surface area contributed by atoms with E-state index >= 15 is 0 Å². The lowest BCUT2D eigenvalue weighted by Crippen LogP contribution is -2.37. The first-order valence-corrected chi connectivity index (χ1v) is 8.88. The number of nitrogens with zero attached hydrogens (tertiary/aromatic N) is 2. The third-order valence-electron chi connectivity index (χ3n) is 3.13. The van der Waals surface area contributed by atoms with Gasteiger partial charge >= 0.3 is 0 Å². The first kappa shape index (κ1) is 17.9. The Morgan fingerprint density at radius 1 is 1.35 bits per heavy atom. The highest BCUT2D eigenvalue weighted by Gasteiger charge is 2.14. The second-order valence-electron chi connectivity index (χ2n) is 4.67. The monoisotopic (exact) mass is 357 g/mol. The summed E-state index contributed by atoms with van der Waals surface area (Å²) in [5.74, 6) is 0.158. The van der Waals surface area contributed by atoms with Crippen molar-refractivity contribution in [2.24, 2.45) is 0 Å². The summed E-state index contributed by atoms with van der Waals surface area (Å²) in [7, 11) is 3.19. The number of carbonyl (C=O) groups is 1. The van der Waals surface area contributed by atoms with Crippen LogP contribution in [0.4, 0.5) is 0 Å². The van der Waals surface area contributed by atoms with Gasteiger partial charge in [-0.2, -0.15) is 0 Å². The molecule has 1 N–H and O–H groups in total. The molecule has 0 aromatic carbocycles. The minimum atomic E-state index is -0.179. The van der Waals surface area contributed by atoms with Crippen LogP contribution in [-0.2, 0) is 14.3 Å². The van der Waals surface area contributed by atoms with Crippen LogP contribution in [0.3, 0.4) is 0 Å². The molecule has 0 unspecified atom stereocenters. The van der Waals surface area contributed by atoms with Gasteiger partial charge in [-0.1, -0.05) is 11.8 Å². The number of thiophene rings is 1. The molecule has 126 valence electrons. The van der Waals surface area contributed by atoms with E-state index in [1.165, 1.54) is 23.1 Å². The third-order valence-corrected chi connectivity index (χ3v) is 4.79. The molecule has 2 rings (SSSR count). The number of aromatic nitrogens is 2. The van der Waals surface area contributed by atoms with Gasteiger partial charge < -0.3 is 19.4 Å². The molecule has 23 heavy (non-hydrogen) atoms. The van der Waals surface area contributed by atoms with Gasteiger partial charge in [0, 0.05) is 27.3 Å². The van der Waals surface area contributed by atoms with E-state index in [-0.39, 0.29) is 17.2 Å². The van der Waals surface area contributed by atoms with Crippen LogP contribution in [0.15, 0.2) is 21.4 Å².